The fraction of sp³-hybridized carbons (Fsp3) is 0.276. The van der Waals surface area contributed by atoms with Crippen molar-refractivity contribution >= 4 is 17.5 Å². The minimum Gasteiger partial charge on any atom is -0.497 e. The molecular weight excluding hydrogens is 511 g/mol. The number of hydrazone groups is 1. The molecule has 0 N–H and O–H groups in total. The minimum absolute atomic E-state index is 0.0374. The lowest BCUT2D eigenvalue weighted by Gasteiger charge is -2.27. The molecule has 1 atom stereocenters. The third kappa shape index (κ3) is 6.64. The molecule has 0 radical (unpaired) electrons. The fourth-order valence-electron chi connectivity index (χ4n) is 4.31. The lowest BCUT2D eigenvalue weighted by atomic mass is 9.98. The third-order valence-electron chi connectivity index (χ3n) is 6.41. The molecule has 0 bridgehead atoms. The SMILES string of the molecule is COCCN(CC(=O)N1N=C(c2ccc(OC)cc2)C[C@@H]1c1ccccc1)C(=O)c1ccc(C(F)(F)F)cc1. The van der Waals surface area contributed by atoms with E-state index in [4.69, 9.17) is 9.47 Å². The summed E-state index contributed by atoms with van der Waals surface area (Å²) in [6.07, 6.45) is -4.05. The van der Waals surface area contributed by atoms with Crippen LogP contribution in [-0.2, 0) is 15.7 Å². The van der Waals surface area contributed by atoms with E-state index < -0.39 is 23.6 Å². The molecule has 0 saturated heterocycles. The highest BCUT2D eigenvalue weighted by Crippen LogP contribution is 2.33. The van der Waals surface area contributed by atoms with Gasteiger partial charge >= 0.3 is 6.18 Å². The molecule has 4 rings (SSSR count). The van der Waals surface area contributed by atoms with Gasteiger partial charge in [-0.25, -0.2) is 5.01 Å². The van der Waals surface area contributed by atoms with Crippen molar-refractivity contribution in [2.75, 3.05) is 33.9 Å². The van der Waals surface area contributed by atoms with Crippen LogP contribution in [0.25, 0.3) is 0 Å². The lowest BCUT2D eigenvalue weighted by molar-refractivity contribution is -0.137. The van der Waals surface area contributed by atoms with Crippen molar-refractivity contribution in [2.24, 2.45) is 5.10 Å². The van der Waals surface area contributed by atoms with Gasteiger partial charge in [0, 0.05) is 25.6 Å². The van der Waals surface area contributed by atoms with Gasteiger partial charge in [-0.15, -0.1) is 0 Å². The molecule has 204 valence electrons. The first-order chi connectivity index (χ1) is 18.7. The largest absolute Gasteiger partial charge is 0.497 e. The van der Waals surface area contributed by atoms with E-state index in [0.717, 1.165) is 35.4 Å². The highest BCUT2D eigenvalue weighted by molar-refractivity contribution is 6.03. The second kappa shape index (κ2) is 12.1. The average molecular weight is 540 g/mol. The Morgan fingerprint density at radius 3 is 2.23 bits per heavy atom. The Morgan fingerprint density at radius 1 is 0.974 bits per heavy atom. The number of hydrogen-bond donors (Lipinski definition) is 0. The van der Waals surface area contributed by atoms with Crippen LogP contribution in [0.2, 0.25) is 0 Å². The van der Waals surface area contributed by atoms with Crippen LogP contribution in [0.3, 0.4) is 0 Å². The zero-order chi connectivity index (χ0) is 28.0. The molecule has 0 unspecified atom stereocenters. The molecular formula is C29H28F3N3O4. The second-order valence-electron chi connectivity index (χ2n) is 8.94. The van der Waals surface area contributed by atoms with Crippen molar-refractivity contribution < 1.29 is 32.2 Å². The Balaban J connectivity index is 1.60. The Bertz CT molecular complexity index is 1310. The zero-order valence-electron chi connectivity index (χ0n) is 21.5. The molecule has 3 aromatic rings. The summed E-state index contributed by atoms with van der Waals surface area (Å²) in [5.41, 5.74) is 1.61. The van der Waals surface area contributed by atoms with Gasteiger partial charge in [0.1, 0.15) is 12.3 Å². The second-order valence-corrected chi connectivity index (χ2v) is 8.94. The highest BCUT2D eigenvalue weighted by atomic mass is 19.4. The van der Waals surface area contributed by atoms with Crippen LogP contribution in [0, 0.1) is 0 Å². The summed E-state index contributed by atoms with van der Waals surface area (Å²) in [7, 11) is 3.04. The molecule has 0 fully saturated rings. The number of halogens is 3. The Morgan fingerprint density at radius 2 is 1.64 bits per heavy atom. The van der Waals surface area contributed by atoms with Crippen LogP contribution in [0.15, 0.2) is 84.0 Å². The first-order valence-corrected chi connectivity index (χ1v) is 12.3. The van der Waals surface area contributed by atoms with Crippen molar-refractivity contribution in [1.29, 1.82) is 0 Å². The highest BCUT2D eigenvalue weighted by Gasteiger charge is 2.35. The third-order valence-corrected chi connectivity index (χ3v) is 6.41. The molecule has 0 saturated carbocycles. The maximum atomic E-state index is 13.6. The van der Waals surface area contributed by atoms with E-state index in [9.17, 15) is 22.8 Å². The van der Waals surface area contributed by atoms with Gasteiger partial charge < -0.3 is 14.4 Å². The summed E-state index contributed by atoms with van der Waals surface area (Å²) in [4.78, 5) is 28.1. The van der Waals surface area contributed by atoms with E-state index in [-0.39, 0.29) is 31.3 Å². The fourth-order valence-corrected chi connectivity index (χ4v) is 4.31. The molecule has 10 heteroatoms. The Hall–Kier alpha value is -4.18. The minimum atomic E-state index is -4.52. The monoisotopic (exact) mass is 539 g/mol. The van der Waals surface area contributed by atoms with Crippen molar-refractivity contribution in [3.63, 3.8) is 0 Å². The molecule has 1 aliphatic rings. The van der Waals surface area contributed by atoms with E-state index in [2.05, 4.69) is 5.10 Å². The first-order valence-electron chi connectivity index (χ1n) is 12.3. The summed E-state index contributed by atoms with van der Waals surface area (Å²) in [6, 6.07) is 20.3. The van der Waals surface area contributed by atoms with Gasteiger partial charge in [-0.05, 0) is 59.7 Å². The van der Waals surface area contributed by atoms with Crippen molar-refractivity contribution in [2.45, 2.75) is 18.6 Å². The summed E-state index contributed by atoms with van der Waals surface area (Å²) in [5.74, 6) is -0.312. The standard InChI is InChI=1S/C29H28F3N3O4/c1-38-17-16-34(28(37)22-8-12-23(13-9-22)29(30,31)32)19-27(36)35-26(21-6-4-3-5-7-21)18-25(33-35)20-10-14-24(39-2)15-11-20/h3-15,26H,16-19H2,1-2H3/t26-/m1/s1. The molecule has 7 nitrogen and oxygen atoms in total. The predicted octanol–water partition coefficient (Wildman–Crippen LogP) is 5.18. The summed E-state index contributed by atoms with van der Waals surface area (Å²) >= 11 is 0. The van der Waals surface area contributed by atoms with Gasteiger partial charge in [0.05, 0.1) is 31.0 Å². The van der Waals surface area contributed by atoms with Crippen LogP contribution in [0.1, 0.15) is 39.5 Å². The molecule has 0 aliphatic carbocycles. The van der Waals surface area contributed by atoms with Crippen LogP contribution in [0.5, 0.6) is 5.75 Å². The van der Waals surface area contributed by atoms with E-state index in [1.165, 1.54) is 17.0 Å². The summed E-state index contributed by atoms with van der Waals surface area (Å²) < 4.78 is 49.3. The number of ether oxygens (including phenoxy) is 2. The van der Waals surface area contributed by atoms with Gasteiger partial charge in [-0.3, -0.25) is 9.59 Å². The quantitative estimate of drug-likeness (QED) is 0.376. The number of hydrogen-bond acceptors (Lipinski definition) is 5. The number of benzene rings is 3. The molecule has 39 heavy (non-hydrogen) atoms. The first kappa shape index (κ1) is 27.8. The smallest absolute Gasteiger partial charge is 0.416 e. The zero-order valence-corrected chi connectivity index (χ0v) is 21.5. The lowest BCUT2D eigenvalue weighted by Crippen LogP contribution is -2.42. The van der Waals surface area contributed by atoms with Gasteiger partial charge in [0.15, 0.2) is 0 Å². The molecule has 3 aromatic carbocycles. The molecule has 1 heterocycles. The summed E-state index contributed by atoms with van der Waals surface area (Å²) in [6.45, 7) is -0.116. The number of alkyl halides is 3. The van der Waals surface area contributed by atoms with Crippen molar-refractivity contribution in [1.82, 2.24) is 9.91 Å². The van der Waals surface area contributed by atoms with Crippen LogP contribution < -0.4 is 4.74 Å². The maximum absolute atomic E-state index is 13.6. The maximum Gasteiger partial charge on any atom is 0.416 e. The topological polar surface area (TPSA) is 71.4 Å². The number of rotatable bonds is 9. The van der Waals surface area contributed by atoms with Gasteiger partial charge in [-0.2, -0.15) is 18.3 Å². The van der Waals surface area contributed by atoms with Crippen LogP contribution in [0.4, 0.5) is 13.2 Å². The molecule has 0 spiro atoms. The van der Waals surface area contributed by atoms with Gasteiger partial charge in [0.25, 0.3) is 11.8 Å². The summed E-state index contributed by atoms with van der Waals surface area (Å²) in [5, 5.41) is 6.02. The Labute approximate surface area is 224 Å². The van der Waals surface area contributed by atoms with E-state index in [0.29, 0.717) is 17.9 Å². The van der Waals surface area contributed by atoms with Gasteiger partial charge in [-0.1, -0.05) is 30.3 Å². The van der Waals surface area contributed by atoms with Crippen LogP contribution >= 0.6 is 0 Å². The van der Waals surface area contributed by atoms with Crippen molar-refractivity contribution in [3.05, 3.63) is 101 Å². The number of nitrogens with zero attached hydrogens (tertiary/aromatic N) is 3. The predicted molar refractivity (Wildman–Crippen MR) is 139 cm³/mol. The van der Waals surface area contributed by atoms with E-state index >= 15 is 0 Å². The molecule has 2 amide bonds. The average Bonchev–Trinajstić information content (AvgIpc) is 3.41. The van der Waals surface area contributed by atoms with Crippen LogP contribution in [-0.4, -0.2) is 61.4 Å². The number of carbonyl (C=O) groups is 2. The van der Waals surface area contributed by atoms with Crippen molar-refractivity contribution in [3.8, 4) is 5.75 Å². The normalized spacial score (nSPS) is 15.2. The van der Waals surface area contributed by atoms with E-state index in [1.807, 2.05) is 54.6 Å². The number of amides is 2. The molecule has 0 aromatic heterocycles. The number of methoxy groups -OCH3 is 2. The number of carbonyl (C=O) groups excluding carboxylic acids is 2. The van der Waals surface area contributed by atoms with Gasteiger partial charge in [0.2, 0.25) is 0 Å². The molecule has 1 aliphatic heterocycles. The van der Waals surface area contributed by atoms with E-state index in [1.54, 1.807) is 7.11 Å². The Kier molecular flexibility index (Phi) is 8.65.